The SMILES string of the molecule is CCCCCCn1c[n+](C)cc1C(C)(C)C. The fraction of sp³-hybridized carbons (Fsp3) is 0.786. The van der Waals surface area contributed by atoms with Crippen molar-refractivity contribution in [3.63, 3.8) is 0 Å². The summed E-state index contributed by atoms with van der Waals surface area (Å²) in [6, 6.07) is 0. The summed E-state index contributed by atoms with van der Waals surface area (Å²) in [6.07, 6.45) is 9.78. The maximum Gasteiger partial charge on any atom is 0.243 e. The van der Waals surface area contributed by atoms with Gasteiger partial charge in [0.1, 0.15) is 11.9 Å². The molecule has 0 aliphatic heterocycles. The molecule has 0 aromatic carbocycles. The lowest BCUT2D eigenvalue weighted by Gasteiger charge is -2.15. The van der Waals surface area contributed by atoms with Gasteiger partial charge < -0.3 is 0 Å². The summed E-state index contributed by atoms with van der Waals surface area (Å²) in [4.78, 5) is 0. The molecule has 0 bridgehead atoms. The van der Waals surface area contributed by atoms with Gasteiger partial charge in [-0.3, -0.25) is 0 Å². The van der Waals surface area contributed by atoms with Crippen molar-refractivity contribution in [3.8, 4) is 0 Å². The Bertz CT molecular complexity index is 318. The fourth-order valence-corrected chi connectivity index (χ4v) is 2.09. The van der Waals surface area contributed by atoms with Gasteiger partial charge in [0.25, 0.3) is 0 Å². The Balaban J connectivity index is 2.65. The predicted molar refractivity (Wildman–Crippen MR) is 68.5 cm³/mol. The second kappa shape index (κ2) is 5.51. The molecular formula is C14H27N2+. The monoisotopic (exact) mass is 223 g/mol. The van der Waals surface area contributed by atoms with Gasteiger partial charge in [0, 0.05) is 5.41 Å². The van der Waals surface area contributed by atoms with E-state index in [1.807, 2.05) is 0 Å². The molecule has 0 N–H and O–H groups in total. The Morgan fingerprint density at radius 2 is 1.88 bits per heavy atom. The molecule has 0 saturated carbocycles. The van der Waals surface area contributed by atoms with Crippen molar-refractivity contribution in [2.45, 2.75) is 65.3 Å². The summed E-state index contributed by atoms with van der Waals surface area (Å²) in [7, 11) is 2.11. The lowest BCUT2D eigenvalue weighted by atomic mass is 9.92. The highest BCUT2D eigenvalue weighted by Gasteiger charge is 2.24. The van der Waals surface area contributed by atoms with E-state index in [4.69, 9.17) is 0 Å². The number of rotatable bonds is 5. The molecule has 1 rings (SSSR count). The minimum Gasteiger partial charge on any atom is -0.239 e. The smallest absolute Gasteiger partial charge is 0.239 e. The van der Waals surface area contributed by atoms with Crippen LogP contribution in [0.5, 0.6) is 0 Å². The van der Waals surface area contributed by atoms with Crippen LogP contribution in [0.15, 0.2) is 12.5 Å². The number of imidazole rings is 1. The molecule has 0 aliphatic rings. The molecule has 1 aromatic rings. The molecule has 2 nitrogen and oxygen atoms in total. The third-order valence-corrected chi connectivity index (χ3v) is 2.98. The van der Waals surface area contributed by atoms with Crippen molar-refractivity contribution in [2.24, 2.45) is 7.05 Å². The average molecular weight is 223 g/mol. The lowest BCUT2D eigenvalue weighted by Crippen LogP contribution is -2.24. The third kappa shape index (κ3) is 3.66. The van der Waals surface area contributed by atoms with Gasteiger partial charge in [-0.25, -0.2) is 9.13 Å². The zero-order valence-corrected chi connectivity index (χ0v) is 11.6. The molecule has 0 unspecified atom stereocenters. The van der Waals surface area contributed by atoms with Crippen molar-refractivity contribution in [1.29, 1.82) is 0 Å². The van der Waals surface area contributed by atoms with Crippen molar-refractivity contribution < 1.29 is 4.57 Å². The van der Waals surface area contributed by atoms with E-state index >= 15 is 0 Å². The van der Waals surface area contributed by atoms with Crippen LogP contribution in [0.3, 0.4) is 0 Å². The number of hydrogen-bond donors (Lipinski definition) is 0. The van der Waals surface area contributed by atoms with E-state index < -0.39 is 0 Å². The number of hydrogen-bond acceptors (Lipinski definition) is 0. The quantitative estimate of drug-likeness (QED) is 0.535. The van der Waals surface area contributed by atoms with Crippen LogP contribution < -0.4 is 4.57 Å². The van der Waals surface area contributed by atoms with Gasteiger partial charge >= 0.3 is 0 Å². The van der Waals surface area contributed by atoms with Crippen LogP contribution in [0.1, 0.15) is 59.1 Å². The van der Waals surface area contributed by atoms with Gasteiger partial charge in [0.15, 0.2) is 0 Å². The second-order valence-electron chi connectivity index (χ2n) is 5.80. The van der Waals surface area contributed by atoms with Crippen LogP contribution in [0.25, 0.3) is 0 Å². The molecular weight excluding hydrogens is 196 g/mol. The maximum atomic E-state index is 2.41. The van der Waals surface area contributed by atoms with E-state index in [-0.39, 0.29) is 5.41 Å². The zero-order valence-electron chi connectivity index (χ0n) is 11.6. The van der Waals surface area contributed by atoms with Crippen LogP contribution in [0.2, 0.25) is 0 Å². The molecule has 1 aromatic heterocycles. The first-order valence-corrected chi connectivity index (χ1v) is 6.51. The first-order valence-electron chi connectivity index (χ1n) is 6.51. The van der Waals surface area contributed by atoms with Crippen molar-refractivity contribution in [2.75, 3.05) is 0 Å². The number of unbranched alkanes of at least 4 members (excludes halogenated alkanes) is 3. The number of aryl methyl sites for hydroxylation is 2. The molecule has 16 heavy (non-hydrogen) atoms. The van der Waals surface area contributed by atoms with Gasteiger partial charge in [0.05, 0.1) is 13.6 Å². The molecule has 0 fully saturated rings. The largest absolute Gasteiger partial charge is 0.243 e. The van der Waals surface area contributed by atoms with E-state index in [1.54, 1.807) is 0 Å². The first-order chi connectivity index (χ1) is 7.45. The van der Waals surface area contributed by atoms with Gasteiger partial charge in [0.2, 0.25) is 6.33 Å². The molecule has 1 heterocycles. The van der Waals surface area contributed by atoms with Crippen LogP contribution >= 0.6 is 0 Å². The zero-order chi connectivity index (χ0) is 12.2. The Hall–Kier alpha value is -0.790. The molecule has 0 amide bonds. The second-order valence-corrected chi connectivity index (χ2v) is 5.80. The summed E-state index contributed by atoms with van der Waals surface area (Å²) >= 11 is 0. The van der Waals surface area contributed by atoms with Crippen LogP contribution in [-0.2, 0) is 19.0 Å². The van der Waals surface area contributed by atoms with E-state index in [2.05, 4.69) is 56.4 Å². The van der Waals surface area contributed by atoms with Crippen molar-refractivity contribution in [3.05, 3.63) is 18.2 Å². The Kier molecular flexibility index (Phi) is 4.57. The fourth-order valence-electron chi connectivity index (χ4n) is 2.09. The van der Waals surface area contributed by atoms with Gasteiger partial charge in [-0.1, -0.05) is 40.5 Å². The van der Waals surface area contributed by atoms with Crippen LogP contribution in [0, 0.1) is 0 Å². The molecule has 2 heteroatoms. The topological polar surface area (TPSA) is 8.81 Å². The van der Waals surface area contributed by atoms with Gasteiger partial charge in [-0.2, -0.15) is 0 Å². The van der Waals surface area contributed by atoms with Gasteiger partial charge in [-0.15, -0.1) is 0 Å². The van der Waals surface area contributed by atoms with Crippen molar-refractivity contribution >= 4 is 0 Å². The minimum absolute atomic E-state index is 0.242. The predicted octanol–water partition coefficient (Wildman–Crippen LogP) is 3.19. The van der Waals surface area contributed by atoms with E-state index in [1.165, 1.54) is 31.4 Å². The average Bonchev–Trinajstić information content (AvgIpc) is 2.54. The summed E-state index contributed by atoms with van der Waals surface area (Å²) in [5, 5.41) is 0. The third-order valence-electron chi connectivity index (χ3n) is 2.98. The highest BCUT2D eigenvalue weighted by atomic mass is 15.1. The van der Waals surface area contributed by atoms with Crippen LogP contribution in [-0.4, -0.2) is 4.57 Å². The maximum absolute atomic E-state index is 2.41. The Labute approximate surface area is 100 Å². The normalized spacial score (nSPS) is 12.1. The standard InChI is InChI=1S/C14H27N2/c1-6-7-8-9-10-16-12-15(5)11-13(16)14(2,3)4/h11-12H,6-10H2,1-5H3/q+1. The molecule has 0 atom stereocenters. The van der Waals surface area contributed by atoms with E-state index in [0.29, 0.717) is 0 Å². The first kappa shape index (κ1) is 13.3. The Morgan fingerprint density at radius 1 is 1.19 bits per heavy atom. The Morgan fingerprint density at radius 3 is 2.44 bits per heavy atom. The minimum atomic E-state index is 0.242. The molecule has 0 saturated heterocycles. The molecule has 0 aliphatic carbocycles. The van der Waals surface area contributed by atoms with Gasteiger partial charge in [-0.05, 0) is 12.8 Å². The summed E-state index contributed by atoms with van der Waals surface area (Å²) in [6.45, 7) is 10.3. The highest BCUT2D eigenvalue weighted by molar-refractivity contribution is 5.07. The van der Waals surface area contributed by atoms with Crippen molar-refractivity contribution in [1.82, 2.24) is 4.57 Å². The molecule has 92 valence electrons. The highest BCUT2D eigenvalue weighted by Crippen LogP contribution is 2.21. The molecule has 0 spiro atoms. The summed E-state index contributed by atoms with van der Waals surface area (Å²) in [5.41, 5.74) is 1.68. The van der Waals surface area contributed by atoms with E-state index in [0.717, 1.165) is 6.54 Å². The number of aromatic nitrogens is 2. The number of nitrogens with zero attached hydrogens (tertiary/aromatic N) is 2. The van der Waals surface area contributed by atoms with E-state index in [9.17, 15) is 0 Å². The summed E-state index contributed by atoms with van der Waals surface area (Å²) < 4.78 is 4.58. The summed E-state index contributed by atoms with van der Waals surface area (Å²) in [5.74, 6) is 0. The lowest BCUT2D eigenvalue weighted by molar-refractivity contribution is -0.671. The van der Waals surface area contributed by atoms with Crippen LogP contribution in [0.4, 0.5) is 0 Å². The molecule has 0 radical (unpaired) electrons.